The van der Waals surface area contributed by atoms with Crippen molar-refractivity contribution >= 4 is 33.3 Å². The van der Waals surface area contributed by atoms with Crippen LogP contribution in [0.25, 0.3) is 0 Å². The van der Waals surface area contributed by atoms with E-state index >= 15 is 0 Å². The minimum Gasteiger partial charge on any atom is -0.465 e. The Bertz CT molecular complexity index is 853. The molecule has 0 fully saturated rings. The van der Waals surface area contributed by atoms with Crippen LogP contribution in [0.4, 0.5) is 10.1 Å². The predicted octanol–water partition coefficient (Wildman–Crippen LogP) is 3.48. The Hall–Kier alpha value is -2.12. The zero-order valence-corrected chi connectivity index (χ0v) is 14.6. The van der Waals surface area contributed by atoms with E-state index in [1.807, 2.05) is 0 Å². The molecular weight excluding hydrogens is 357 g/mol. The van der Waals surface area contributed by atoms with Gasteiger partial charge in [0.25, 0.3) is 10.0 Å². The number of rotatable bonds is 5. The number of carbonyl (C=O) groups excluding carboxylic acids is 1. The molecule has 2 aromatic rings. The maximum atomic E-state index is 13.0. The third-order valence-corrected chi connectivity index (χ3v) is 5.58. The molecule has 0 aliphatic heterocycles. The summed E-state index contributed by atoms with van der Waals surface area (Å²) in [4.78, 5) is 11.7. The second-order valence-corrected chi connectivity index (χ2v) is 7.05. The molecule has 8 heteroatoms. The van der Waals surface area contributed by atoms with Gasteiger partial charge in [-0.05, 0) is 49.4 Å². The number of hydrogen-bond donors (Lipinski definition) is 0. The summed E-state index contributed by atoms with van der Waals surface area (Å²) in [6, 6.07) is 8.77. The van der Waals surface area contributed by atoms with Gasteiger partial charge in [-0.25, -0.2) is 17.6 Å². The lowest BCUT2D eigenvalue weighted by Gasteiger charge is -2.23. The van der Waals surface area contributed by atoms with Gasteiger partial charge in [-0.3, -0.25) is 4.31 Å². The molecule has 2 aromatic carbocycles. The van der Waals surface area contributed by atoms with Crippen molar-refractivity contribution in [2.45, 2.75) is 11.8 Å². The lowest BCUT2D eigenvalue weighted by Crippen LogP contribution is -2.31. The summed E-state index contributed by atoms with van der Waals surface area (Å²) in [5.41, 5.74) is 0.316. The summed E-state index contributed by atoms with van der Waals surface area (Å²) in [5.74, 6) is -1.20. The van der Waals surface area contributed by atoms with Crippen LogP contribution in [0, 0.1) is 5.82 Å². The van der Waals surface area contributed by atoms with Crippen LogP contribution in [0.5, 0.6) is 0 Å². The van der Waals surface area contributed by atoms with Crippen LogP contribution in [0.1, 0.15) is 17.3 Å². The number of esters is 1. The highest BCUT2D eigenvalue weighted by Gasteiger charge is 2.25. The summed E-state index contributed by atoms with van der Waals surface area (Å²) >= 11 is 5.96. The van der Waals surface area contributed by atoms with Gasteiger partial charge < -0.3 is 4.74 Å². The van der Waals surface area contributed by atoms with Gasteiger partial charge in [0, 0.05) is 6.54 Å². The first kappa shape index (κ1) is 18.2. The van der Waals surface area contributed by atoms with Gasteiger partial charge in [0.05, 0.1) is 28.3 Å². The molecule has 0 unspecified atom stereocenters. The average molecular weight is 372 g/mol. The number of ether oxygens (including phenoxy) is 1. The number of benzene rings is 2. The van der Waals surface area contributed by atoms with Gasteiger partial charge in [-0.1, -0.05) is 11.6 Å². The highest BCUT2D eigenvalue weighted by atomic mass is 35.5. The van der Waals surface area contributed by atoms with Gasteiger partial charge in [-0.2, -0.15) is 0 Å². The Balaban J connectivity index is 2.52. The topological polar surface area (TPSA) is 63.7 Å². The highest BCUT2D eigenvalue weighted by molar-refractivity contribution is 7.92. The first-order valence-corrected chi connectivity index (χ1v) is 8.79. The molecule has 0 amide bonds. The lowest BCUT2D eigenvalue weighted by molar-refractivity contribution is 0.0601. The summed E-state index contributed by atoms with van der Waals surface area (Å²) < 4.78 is 44.3. The second kappa shape index (κ2) is 7.19. The van der Waals surface area contributed by atoms with Crippen molar-refractivity contribution in [3.05, 3.63) is 58.9 Å². The van der Waals surface area contributed by atoms with E-state index in [2.05, 4.69) is 4.74 Å². The molecule has 0 aliphatic rings. The molecular formula is C16H15ClFNO4S. The molecule has 0 N–H and O–H groups in total. The van der Waals surface area contributed by atoms with Gasteiger partial charge >= 0.3 is 5.97 Å². The van der Waals surface area contributed by atoms with Crippen LogP contribution in [-0.2, 0) is 14.8 Å². The van der Waals surface area contributed by atoms with Crippen molar-refractivity contribution in [1.82, 2.24) is 0 Å². The van der Waals surface area contributed by atoms with Gasteiger partial charge in [0.15, 0.2) is 0 Å². The number of methoxy groups -OCH3 is 1. The number of nitrogens with zero attached hydrogens (tertiary/aromatic N) is 1. The maximum absolute atomic E-state index is 13.0. The first-order chi connectivity index (χ1) is 11.3. The molecule has 0 atom stereocenters. The molecule has 24 heavy (non-hydrogen) atoms. The molecule has 0 spiro atoms. The smallest absolute Gasteiger partial charge is 0.339 e. The maximum Gasteiger partial charge on any atom is 0.339 e. The Labute approximate surface area is 144 Å². The fourth-order valence-corrected chi connectivity index (χ4v) is 3.82. The normalized spacial score (nSPS) is 11.2. The fraction of sp³-hybridized carbons (Fsp3) is 0.188. The summed E-state index contributed by atoms with van der Waals surface area (Å²) in [6.45, 7) is 1.76. The minimum absolute atomic E-state index is 0.0553. The zero-order chi connectivity index (χ0) is 17.9. The van der Waals surface area contributed by atoms with E-state index < -0.39 is 21.8 Å². The van der Waals surface area contributed by atoms with E-state index in [4.69, 9.17) is 11.6 Å². The third-order valence-electron chi connectivity index (χ3n) is 3.33. The molecule has 0 aliphatic carbocycles. The van der Waals surface area contributed by atoms with Crippen molar-refractivity contribution < 1.29 is 22.3 Å². The second-order valence-electron chi connectivity index (χ2n) is 4.78. The van der Waals surface area contributed by atoms with E-state index in [9.17, 15) is 17.6 Å². The number of halogens is 2. The molecule has 0 radical (unpaired) electrons. The van der Waals surface area contributed by atoms with Crippen LogP contribution >= 0.6 is 11.6 Å². The molecule has 0 bridgehead atoms. The molecule has 2 rings (SSSR count). The Morgan fingerprint density at radius 1 is 1.21 bits per heavy atom. The molecule has 0 saturated heterocycles. The Morgan fingerprint density at radius 2 is 1.83 bits per heavy atom. The molecule has 5 nitrogen and oxygen atoms in total. The summed E-state index contributed by atoms with van der Waals surface area (Å²) in [6.07, 6.45) is 0. The van der Waals surface area contributed by atoms with E-state index in [0.717, 1.165) is 16.4 Å². The Morgan fingerprint density at radius 3 is 2.38 bits per heavy atom. The average Bonchev–Trinajstić information content (AvgIpc) is 2.56. The van der Waals surface area contributed by atoms with Crippen molar-refractivity contribution in [2.24, 2.45) is 0 Å². The molecule has 0 aromatic heterocycles. The van der Waals surface area contributed by atoms with Crippen molar-refractivity contribution in [2.75, 3.05) is 18.0 Å². The monoisotopic (exact) mass is 371 g/mol. The quantitative estimate of drug-likeness (QED) is 0.755. The number of anilines is 1. The van der Waals surface area contributed by atoms with Crippen LogP contribution in [-0.4, -0.2) is 28.0 Å². The molecule has 0 heterocycles. The van der Waals surface area contributed by atoms with Crippen molar-refractivity contribution in [3.8, 4) is 0 Å². The van der Waals surface area contributed by atoms with Crippen LogP contribution in [0.15, 0.2) is 47.4 Å². The van der Waals surface area contributed by atoms with E-state index in [0.29, 0.717) is 0 Å². The highest BCUT2D eigenvalue weighted by Crippen LogP contribution is 2.28. The number of sulfonamides is 1. The van der Waals surface area contributed by atoms with Crippen LogP contribution in [0.2, 0.25) is 5.02 Å². The van der Waals surface area contributed by atoms with E-state index in [1.165, 1.54) is 37.4 Å². The lowest BCUT2D eigenvalue weighted by atomic mass is 10.2. The van der Waals surface area contributed by atoms with Gasteiger partial charge in [0.2, 0.25) is 0 Å². The van der Waals surface area contributed by atoms with Gasteiger partial charge in [0.1, 0.15) is 5.82 Å². The number of hydrogen-bond acceptors (Lipinski definition) is 4. The van der Waals surface area contributed by atoms with E-state index in [1.54, 1.807) is 6.92 Å². The number of carbonyl (C=O) groups is 1. The summed E-state index contributed by atoms with van der Waals surface area (Å²) in [7, 11) is -2.70. The molecule has 128 valence electrons. The standard InChI is InChI=1S/C16H15ClFNO4S/c1-3-19(24(21,22)13-7-4-11(18)5-8-13)12-6-9-15(17)14(10-12)16(20)23-2/h4-10H,3H2,1-2H3. The van der Waals surface area contributed by atoms with Crippen molar-refractivity contribution in [3.63, 3.8) is 0 Å². The van der Waals surface area contributed by atoms with E-state index in [-0.39, 0.29) is 27.7 Å². The summed E-state index contributed by atoms with van der Waals surface area (Å²) in [5, 5.41) is 0.154. The fourth-order valence-electron chi connectivity index (χ4n) is 2.16. The SMILES string of the molecule is CCN(c1ccc(Cl)c(C(=O)OC)c1)S(=O)(=O)c1ccc(F)cc1. The van der Waals surface area contributed by atoms with Crippen LogP contribution < -0.4 is 4.31 Å². The molecule has 0 saturated carbocycles. The van der Waals surface area contributed by atoms with Gasteiger partial charge in [-0.15, -0.1) is 0 Å². The third kappa shape index (κ3) is 3.52. The zero-order valence-electron chi connectivity index (χ0n) is 13.0. The van der Waals surface area contributed by atoms with Crippen molar-refractivity contribution in [1.29, 1.82) is 0 Å². The van der Waals surface area contributed by atoms with Crippen LogP contribution in [0.3, 0.4) is 0 Å². The minimum atomic E-state index is -3.91. The largest absolute Gasteiger partial charge is 0.465 e. The predicted molar refractivity (Wildman–Crippen MR) is 89.4 cm³/mol. The Kier molecular flexibility index (Phi) is 5.46. The first-order valence-electron chi connectivity index (χ1n) is 6.97.